The number of rotatable bonds is 8. The van der Waals surface area contributed by atoms with E-state index in [1.807, 2.05) is 6.92 Å². The summed E-state index contributed by atoms with van der Waals surface area (Å²) in [4.78, 5) is 24.6. The van der Waals surface area contributed by atoms with Gasteiger partial charge in [-0.25, -0.2) is 0 Å². The molecule has 1 aliphatic rings. The van der Waals surface area contributed by atoms with Gasteiger partial charge in [-0.2, -0.15) is 0 Å². The second-order valence-electron chi connectivity index (χ2n) is 6.39. The zero-order valence-corrected chi connectivity index (χ0v) is 13.9. The number of amides is 2. The third kappa shape index (κ3) is 6.04. The molecular formula is C16H31N3O2. The van der Waals surface area contributed by atoms with E-state index >= 15 is 0 Å². The van der Waals surface area contributed by atoms with Crippen molar-refractivity contribution in [2.45, 2.75) is 77.9 Å². The highest BCUT2D eigenvalue weighted by Gasteiger charge is 2.27. The van der Waals surface area contributed by atoms with Crippen LogP contribution in [0.2, 0.25) is 0 Å². The fourth-order valence-electron chi connectivity index (χ4n) is 2.35. The summed E-state index contributed by atoms with van der Waals surface area (Å²) in [5.41, 5.74) is 0. The van der Waals surface area contributed by atoms with Gasteiger partial charge in [0.05, 0.1) is 6.04 Å². The maximum absolute atomic E-state index is 12.4. The van der Waals surface area contributed by atoms with Crippen molar-refractivity contribution in [2.75, 3.05) is 6.54 Å². The summed E-state index contributed by atoms with van der Waals surface area (Å²) in [7, 11) is 0. The Hall–Kier alpha value is -1.10. The summed E-state index contributed by atoms with van der Waals surface area (Å²) in [6, 6.07) is -0.436. The Morgan fingerprint density at radius 2 is 1.95 bits per heavy atom. The van der Waals surface area contributed by atoms with Crippen LogP contribution in [0.25, 0.3) is 0 Å². The van der Waals surface area contributed by atoms with Gasteiger partial charge in [0.1, 0.15) is 6.04 Å². The highest BCUT2D eigenvalue weighted by molar-refractivity contribution is 5.90. The van der Waals surface area contributed by atoms with E-state index in [9.17, 15) is 9.59 Å². The van der Waals surface area contributed by atoms with Gasteiger partial charge in [-0.3, -0.25) is 9.59 Å². The SMILES string of the molecule is CCCCC(NC(=O)C1CCCN1)C(=O)NC(C)C(C)C. The van der Waals surface area contributed by atoms with Crippen molar-refractivity contribution < 1.29 is 9.59 Å². The molecule has 3 atom stereocenters. The minimum absolute atomic E-state index is 0.0408. The van der Waals surface area contributed by atoms with Gasteiger partial charge in [0.25, 0.3) is 0 Å². The van der Waals surface area contributed by atoms with E-state index in [2.05, 4.69) is 36.7 Å². The van der Waals surface area contributed by atoms with Crippen LogP contribution in [-0.2, 0) is 9.59 Å². The quantitative estimate of drug-likeness (QED) is 0.637. The van der Waals surface area contributed by atoms with Gasteiger partial charge in [-0.05, 0) is 38.6 Å². The van der Waals surface area contributed by atoms with Gasteiger partial charge in [-0.1, -0.05) is 33.6 Å². The van der Waals surface area contributed by atoms with Gasteiger partial charge in [0, 0.05) is 6.04 Å². The molecule has 1 saturated heterocycles. The second kappa shape index (κ2) is 9.03. The number of hydrogen-bond acceptors (Lipinski definition) is 3. The minimum Gasteiger partial charge on any atom is -0.352 e. The molecule has 0 aliphatic carbocycles. The van der Waals surface area contributed by atoms with Crippen LogP contribution in [0.4, 0.5) is 0 Å². The Labute approximate surface area is 128 Å². The van der Waals surface area contributed by atoms with Gasteiger partial charge in [0.15, 0.2) is 0 Å². The van der Waals surface area contributed by atoms with Crippen LogP contribution < -0.4 is 16.0 Å². The van der Waals surface area contributed by atoms with Crippen molar-refractivity contribution in [3.63, 3.8) is 0 Å². The lowest BCUT2D eigenvalue weighted by molar-refractivity contribution is -0.130. The zero-order valence-electron chi connectivity index (χ0n) is 13.9. The summed E-state index contributed by atoms with van der Waals surface area (Å²) < 4.78 is 0. The average molecular weight is 297 g/mol. The Bertz CT molecular complexity index is 338. The summed E-state index contributed by atoms with van der Waals surface area (Å²) in [5, 5.41) is 9.11. The first kappa shape index (κ1) is 18.0. The number of carbonyl (C=O) groups is 2. The van der Waals surface area contributed by atoms with Crippen molar-refractivity contribution in [1.29, 1.82) is 0 Å². The molecule has 1 rings (SSSR count). The molecule has 0 aromatic carbocycles. The summed E-state index contributed by atoms with van der Waals surface area (Å²) >= 11 is 0. The third-order valence-corrected chi connectivity index (χ3v) is 4.23. The summed E-state index contributed by atoms with van der Waals surface area (Å²) in [6.07, 6.45) is 4.53. The Morgan fingerprint density at radius 1 is 1.24 bits per heavy atom. The molecule has 1 aliphatic heterocycles. The van der Waals surface area contributed by atoms with E-state index in [1.54, 1.807) is 0 Å². The topological polar surface area (TPSA) is 70.2 Å². The molecule has 3 N–H and O–H groups in total. The lowest BCUT2D eigenvalue weighted by Crippen LogP contribution is -2.53. The van der Waals surface area contributed by atoms with Crippen molar-refractivity contribution in [1.82, 2.24) is 16.0 Å². The zero-order chi connectivity index (χ0) is 15.8. The van der Waals surface area contributed by atoms with Gasteiger partial charge in [0.2, 0.25) is 11.8 Å². The predicted molar refractivity (Wildman–Crippen MR) is 84.9 cm³/mol. The van der Waals surface area contributed by atoms with E-state index in [1.165, 1.54) is 0 Å². The molecular weight excluding hydrogens is 266 g/mol. The van der Waals surface area contributed by atoms with E-state index in [0.717, 1.165) is 32.2 Å². The number of nitrogens with one attached hydrogen (secondary N) is 3. The molecule has 0 aromatic rings. The van der Waals surface area contributed by atoms with Crippen LogP contribution in [0.15, 0.2) is 0 Å². The lowest BCUT2D eigenvalue weighted by Gasteiger charge is -2.24. The molecule has 21 heavy (non-hydrogen) atoms. The molecule has 0 spiro atoms. The van der Waals surface area contributed by atoms with Crippen LogP contribution in [0, 0.1) is 5.92 Å². The molecule has 0 saturated carbocycles. The first-order chi connectivity index (χ1) is 9.95. The molecule has 0 radical (unpaired) electrons. The van der Waals surface area contributed by atoms with Gasteiger partial charge < -0.3 is 16.0 Å². The molecule has 0 aromatic heterocycles. The molecule has 2 amide bonds. The first-order valence-electron chi connectivity index (χ1n) is 8.29. The van der Waals surface area contributed by atoms with Crippen LogP contribution in [0.1, 0.15) is 59.8 Å². The van der Waals surface area contributed by atoms with E-state index < -0.39 is 6.04 Å². The Balaban J connectivity index is 2.56. The molecule has 1 fully saturated rings. The monoisotopic (exact) mass is 297 g/mol. The predicted octanol–water partition coefficient (Wildman–Crippen LogP) is 1.57. The highest BCUT2D eigenvalue weighted by atomic mass is 16.2. The van der Waals surface area contributed by atoms with Crippen LogP contribution in [-0.4, -0.2) is 36.5 Å². The van der Waals surface area contributed by atoms with Crippen LogP contribution in [0.5, 0.6) is 0 Å². The molecule has 5 heteroatoms. The van der Waals surface area contributed by atoms with Crippen molar-refractivity contribution in [2.24, 2.45) is 5.92 Å². The fraction of sp³-hybridized carbons (Fsp3) is 0.875. The third-order valence-electron chi connectivity index (χ3n) is 4.23. The minimum atomic E-state index is -0.416. The largest absolute Gasteiger partial charge is 0.352 e. The number of unbranched alkanes of at least 4 members (excludes halogenated alkanes) is 1. The van der Waals surface area contributed by atoms with Crippen LogP contribution >= 0.6 is 0 Å². The van der Waals surface area contributed by atoms with Crippen molar-refractivity contribution in [3.8, 4) is 0 Å². The number of carbonyl (C=O) groups excluding carboxylic acids is 2. The second-order valence-corrected chi connectivity index (χ2v) is 6.39. The van der Waals surface area contributed by atoms with E-state index in [4.69, 9.17) is 0 Å². The maximum atomic E-state index is 12.4. The molecule has 5 nitrogen and oxygen atoms in total. The lowest BCUT2D eigenvalue weighted by atomic mass is 10.0. The van der Waals surface area contributed by atoms with E-state index in [-0.39, 0.29) is 23.9 Å². The maximum Gasteiger partial charge on any atom is 0.242 e. The molecule has 0 bridgehead atoms. The fourth-order valence-corrected chi connectivity index (χ4v) is 2.35. The Kier molecular flexibility index (Phi) is 7.72. The molecule has 122 valence electrons. The highest BCUT2D eigenvalue weighted by Crippen LogP contribution is 2.08. The normalized spacial score (nSPS) is 21.1. The van der Waals surface area contributed by atoms with Gasteiger partial charge >= 0.3 is 0 Å². The summed E-state index contributed by atoms with van der Waals surface area (Å²) in [5.74, 6) is 0.282. The average Bonchev–Trinajstić information content (AvgIpc) is 2.96. The van der Waals surface area contributed by atoms with Gasteiger partial charge in [-0.15, -0.1) is 0 Å². The standard InChI is InChI=1S/C16H31N3O2/c1-5-6-8-14(16(21)18-12(4)11(2)3)19-15(20)13-9-7-10-17-13/h11-14,17H,5-10H2,1-4H3,(H,18,21)(H,19,20). The smallest absolute Gasteiger partial charge is 0.242 e. The molecule has 1 heterocycles. The number of hydrogen-bond donors (Lipinski definition) is 3. The van der Waals surface area contributed by atoms with Crippen molar-refractivity contribution >= 4 is 11.8 Å². The van der Waals surface area contributed by atoms with Crippen LogP contribution in [0.3, 0.4) is 0 Å². The summed E-state index contributed by atoms with van der Waals surface area (Å²) in [6.45, 7) is 9.13. The molecule has 3 unspecified atom stereocenters. The first-order valence-corrected chi connectivity index (χ1v) is 8.29. The van der Waals surface area contributed by atoms with E-state index in [0.29, 0.717) is 12.3 Å². The Morgan fingerprint density at radius 3 is 2.48 bits per heavy atom. The van der Waals surface area contributed by atoms with Crippen molar-refractivity contribution in [3.05, 3.63) is 0 Å².